The number of halogens is 3. The monoisotopic (exact) mass is 372 g/mol. The molecule has 25 heavy (non-hydrogen) atoms. The number of sulfonamides is 1. The predicted molar refractivity (Wildman–Crippen MR) is 85.0 cm³/mol. The number of benzene rings is 1. The molecule has 0 N–H and O–H groups in total. The third kappa shape index (κ3) is 3.28. The molecule has 134 valence electrons. The number of rotatable bonds is 2. The Morgan fingerprint density at radius 2 is 1.96 bits per heavy atom. The first-order chi connectivity index (χ1) is 11.6. The molecule has 5 nitrogen and oxygen atoms in total. The summed E-state index contributed by atoms with van der Waals surface area (Å²) in [5.74, 6) is 0.419. The Kier molecular flexibility index (Phi) is 4.14. The minimum absolute atomic E-state index is 0.0550. The normalized spacial score (nSPS) is 17.8. The van der Waals surface area contributed by atoms with Crippen molar-refractivity contribution in [2.24, 2.45) is 0 Å². The summed E-state index contributed by atoms with van der Waals surface area (Å²) in [5, 5.41) is 0. The average molecular weight is 372 g/mol. The molecule has 1 aromatic carbocycles. The lowest BCUT2D eigenvalue weighted by Gasteiger charge is -2.34. The van der Waals surface area contributed by atoms with Crippen LogP contribution < -0.4 is 9.04 Å². The van der Waals surface area contributed by atoms with E-state index in [0.717, 1.165) is 22.1 Å². The molecule has 2 heterocycles. The van der Waals surface area contributed by atoms with Crippen LogP contribution in [0.5, 0.6) is 5.75 Å². The maximum absolute atomic E-state index is 12.9. The Morgan fingerprint density at radius 3 is 2.56 bits per heavy atom. The van der Waals surface area contributed by atoms with Crippen molar-refractivity contribution < 1.29 is 26.3 Å². The Labute approximate surface area is 143 Å². The lowest BCUT2D eigenvalue weighted by molar-refractivity contribution is -0.141. The van der Waals surface area contributed by atoms with Gasteiger partial charge in [-0.05, 0) is 43.7 Å². The summed E-state index contributed by atoms with van der Waals surface area (Å²) in [5.41, 5.74) is 0.114. The minimum atomic E-state index is -4.63. The number of aromatic nitrogens is 1. The molecular weight excluding hydrogens is 357 g/mol. The van der Waals surface area contributed by atoms with Gasteiger partial charge in [0.2, 0.25) is 0 Å². The van der Waals surface area contributed by atoms with Gasteiger partial charge in [0.25, 0.3) is 10.0 Å². The molecule has 9 heteroatoms. The van der Waals surface area contributed by atoms with Crippen LogP contribution in [-0.4, -0.2) is 26.1 Å². The summed E-state index contributed by atoms with van der Waals surface area (Å²) in [6, 6.07) is 6.65. The molecule has 0 fully saturated rings. The smallest absolute Gasteiger partial charge is 0.433 e. The number of hydrogen-bond donors (Lipinski definition) is 0. The van der Waals surface area contributed by atoms with Gasteiger partial charge in [0, 0.05) is 6.20 Å². The van der Waals surface area contributed by atoms with E-state index >= 15 is 0 Å². The Morgan fingerprint density at radius 1 is 1.24 bits per heavy atom. The molecule has 1 aliphatic heterocycles. The van der Waals surface area contributed by atoms with Gasteiger partial charge in [0.1, 0.15) is 22.4 Å². The molecule has 0 aliphatic carbocycles. The standard InChI is InChI=1S/C16H15F3N2O3S/c1-10-3-5-13-14(7-10)24-11(2)9-21(13)25(22,23)12-4-6-15(20-8-12)16(17,18)19/h3-8,11H,9H2,1-2H3/t11-/m1/s1. The van der Waals surface area contributed by atoms with E-state index in [0.29, 0.717) is 17.5 Å². The molecule has 0 spiro atoms. The highest BCUT2D eigenvalue weighted by atomic mass is 32.2. The zero-order chi connectivity index (χ0) is 18.4. The molecule has 0 saturated carbocycles. The van der Waals surface area contributed by atoms with E-state index in [4.69, 9.17) is 4.74 Å². The van der Waals surface area contributed by atoms with E-state index in [1.54, 1.807) is 25.1 Å². The van der Waals surface area contributed by atoms with Gasteiger partial charge in [-0.1, -0.05) is 6.07 Å². The Bertz CT molecular complexity index is 896. The summed E-state index contributed by atoms with van der Waals surface area (Å²) < 4.78 is 70.4. The van der Waals surface area contributed by atoms with Crippen LogP contribution >= 0.6 is 0 Å². The van der Waals surface area contributed by atoms with Gasteiger partial charge in [-0.25, -0.2) is 8.42 Å². The zero-order valence-electron chi connectivity index (χ0n) is 13.4. The third-order valence-electron chi connectivity index (χ3n) is 3.75. The van der Waals surface area contributed by atoms with Crippen LogP contribution in [0.15, 0.2) is 41.4 Å². The van der Waals surface area contributed by atoms with Crippen LogP contribution in [-0.2, 0) is 16.2 Å². The van der Waals surface area contributed by atoms with Crippen molar-refractivity contribution in [2.75, 3.05) is 10.8 Å². The summed E-state index contributed by atoms with van der Waals surface area (Å²) in [6.45, 7) is 3.62. The number of anilines is 1. The van der Waals surface area contributed by atoms with Crippen molar-refractivity contribution in [3.8, 4) is 5.75 Å². The number of fused-ring (bicyclic) bond motifs is 1. The highest BCUT2D eigenvalue weighted by molar-refractivity contribution is 7.92. The number of nitrogens with zero attached hydrogens (tertiary/aromatic N) is 2. The summed E-state index contributed by atoms with van der Waals surface area (Å²) in [6.07, 6.45) is -4.29. The maximum Gasteiger partial charge on any atom is 0.433 e. The maximum atomic E-state index is 12.9. The molecule has 2 aromatic rings. The number of pyridine rings is 1. The van der Waals surface area contributed by atoms with Crippen molar-refractivity contribution in [3.05, 3.63) is 47.8 Å². The van der Waals surface area contributed by atoms with Gasteiger partial charge in [-0.15, -0.1) is 0 Å². The van der Waals surface area contributed by atoms with Gasteiger partial charge in [-0.2, -0.15) is 13.2 Å². The van der Waals surface area contributed by atoms with E-state index in [1.807, 2.05) is 6.92 Å². The lowest BCUT2D eigenvalue weighted by Crippen LogP contribution is -2.42. The highest BCUT2D eigenvalue weighted by Crippen LogP contribution is 2.37. The fourth-order valence-corrected chi connectivity index (χ4v) is 4.06. The molecule has 0 amide bonds. The first-order valence-corrected chi connectivity index (χ1v) is 8.86. The van der Waals surface area contributed by atoms with Crippen molar-refractivity contribution >= 4 is 15.7 Å². The van der Waals surface area contributed by atoms with Crippen molar-refractivity contribution in [1.29, 1.82) is 0 Å². The van der Waals surface area contributed by atoms with Crippen LogP contribution in [0.1, 0.15) is 18.2 Å². The van der Waals surface area contributed by atoms with Crippen molar-refractivity contribution in [1.82, 2.24) is 4.98 Å². The molecule has 1 aromatic heterocycles. The van der Waals surface area contributed by atoms with Crippen LogP contribution in [0.4, 0.5) is 18.9 Å². The van der Waals surface area contributed by atoms with Crippen LogP contribution in [0.3, 0.4) is 0 Å². The van der Waals surface area contributed by atoms with Crippen LogP contribution in [0.2, 0.25) is 0 Å². The number of ether oxygens (including phenoxy) is 1. The van der Waals surface area contributed by atoms with Crippen molar-refractivity contribution in [3.63, 3.8) is 0 Å². The SMILES string of the molecule is Cc1ccc2c(c1)O[C@H](C)CN2S(=O)(=O)c1ccc(C(F)(F)F)nc1. The van der Waals surface area contributed by atoms with E-state index < -0.39 is 28.0 Å². The first kappa shape index (κ1) is 17.5. The van der Waals surface area contributed by atoms with E-state index in [9.17, 15) is 21.6 Å². The summed E-state index contributed by atoms with van der Waals surface area (Å²) in [7, 11) is -4.06. The molecule has 1 atom stereocenters. The van der Waals surface area contributed by atoms with Crippen LogP contribution in [0, 0.1) is 6.92 Å². The molecule has 0 bridgehead atoms. The topological polar surface area (TPSA) is 59.5 Å². The summed E-state index contributed by atoms with van der Waals surface area (Å²) in [4.78, 5) is 2.93. The van der Waals surface area contributed by atoms with E-state index in [1.165, 1.54) is 0 Å². The lowest BCUT2D eigenvalue weighted by atomic mass is 10.2. The van der Waals surface area contributed by atoms with Gasteiger partial charge in [-0.3, -0.25) is 9.29 Å². The second kappa shape index (κ2) is 5.91. The van der Waals surface area contributed by atoms with Gasteiger partial charge >= 0.3 is 6.18 Å². The van der Waals surface area contributed by atoms with E-state index in [2.05, 4.69) is 4.98 Å². The molecule has 0 unspecified atom stereocenters. The number of hydrogen-bond acceptors (Lipinski definition) is 4. The highest BCUT2D eigenvalue weighted by Gasteiger charge is 2.35. The van der Waals surface area contributed by atoms with Gasteiger partial charge < -0.3 is 4.74 Å². The number of alkyl halides is 3. The van der Waals surface area contributed by atoms with Crippen molar-refractivity contribution in [2.45, 2.75) is 31.0 Å². The molecular formula is C16H15F3N2O3S. The fraction of sp³-hybridized carbons (Fsp3) is 0.312. The molecule has 0 radical (unpaired) electrons. The minimum Gasteiger partial charge on any atom is -0.487 e. The van der Waals surface area contributed by atoms with Crippen LogP contribution in [0.25, 0.3) is 0 Å². The largest absolute Gasteiger partial charge is 0.487 e. The zero-order valence-corrected chi connectivity index (χ0v) is 14.2. The first-order valence-electron chi connectivity index (χ1n) is 7.42. The molecule has 3 rings (SSSR count). The Hall–Kier alpha value is -2.29. The van der Waals surface area contributed by atoms with Gasteiger partial charge in [0.05, 0.1) is 12.2 Å². The summed E-state index contributed by atoms with van der Waals surface area (Å²) >= 11 is 0. The Balaban J connectivity index is 2.03. The quantitative estimate of drug-likeness (QED) is 0.811. The second-order valence-electron chi connectivity index (χ2n) is 5.81. The van der Waals surface area contributed by atoms with Gasteiger partial charge in [0.15, 0.2) is 0 Å². The fourth-order valence-electron chi connectivity index (χ4n) is 2.56. The predicted octanol–water partition coefficient (Wildman–Crippen LogP) is 3.39. The molecule has 0 saturated heterocycles. The second-order valence-corrected chi connectivity index (χ2v) is 7.67. The third-order valence-corrected chi connectivity index (χ3v) is 5.51. The average Bonchev–Trinajstić information content (AvgIpc) is 2.53. The number of aryl methyl sites for hydroxylation is 1. The molecule has 1 aliphatic rings. The van der Waals surface area contributed by atoms with E-state index in [-0.39, 0.29) is 11.4 Å².